The van der Waals surface area contributed by atoms with Crippen molar-refractivity contribution in [2.75, 3.05) is 11.9 Å². The maximum Gasteiger partial charge on any atom is 0.234 e. The van der Waals surface area contributed by atoms with Crippen molar-refractivity contribution in [3.05, 3.63) is 22.7 Å². The van der Waals surface area contributed by atoms with Crippen molar-refractivity contribution in [2.24, 2.45) is 5.41 Å². The fraction of sp³-hybridized carbons (Fsp3) is 0.417. The number of fused-ring (bicyclic) bond motifs is 1. The highest BCUT2D eigenvalue weighted by atomic mass is 79.9. The van der Waals surface area contributed by atoms with Gasteiger partial charge in [-0.05, 0) is 40.9 Å². The number of hydrogen-bond acceptors (Lipinski definition) is 2. The van der Waals surface area contributed by atoms with Crippen LogP contribution in [0.4, 0.5) is 5.69 Å². The van der Waals surface area contributed by atoms with E-state index >= 15 is 0 Å². The first-order chi connectivity index (χ1) is 7.71. The quantitative estimate of drug-likeness (QED) is 0.794. The molecule has 0 unspecified atom stereocenters. The van der Waals surface area contributed by atoms with Gasteiger partial charge < -0.3 is 10.1 Å². The lowest BCUT2D eigenvalue weighted by atomic mass is 9.69. The Balaban J connectivity index is 2.00. The van der Waals surface area contributed by atoms with E-state index in [2.05, 4.69) is 21.2 Å². The van der Waals surface area contributed by atoms with Crippen LogP contribution in [0.2, 0.25) is 0 Å². The van der Waals surface area contributed by atoms with E-state index in [1.165, 1.54) is 0 Å². The molecule has 2 aliphatic rings. The molecule has 1 heterocycles. The lowest BCUT2D eigenvalue weighted by molar-refractivity contribution is -0.132. The molecule has 0 atom stereocenters. The zero-order valence-electron chi connectivity index (χ0n) is 8.75. The minimum absolute atomic E-state index is 0.107. The number of nitrogens with one attached hydrogen (secondary N) is 1. The molecular weight excluding hydrogens is 270 g/mol. The predicted molar refractivity (Wildman–Crippen MR) is 64.6 cm³/mol. The summed E-state index contributed by atoms with van der Waals surface area (Å²) in [6.45, 7) is 0.494. The molecule has 1 aromatic rings. The van der Waals surface area contributed by atoms with Crippen molar-refractivity contribution in [2.45, 2.75) is 19.3 Å². The van der Waals surface area contributed by atoms with Crippen LogP contribution in [0.15, 0.2) is 22.7 Å². The van der Waals surface area contributed by atoms with Crippen molar-refractivity contribution in [1.82, 2.24) is 0 Å². The van der Waals surface area contributed by atoms with Gasteiger partial charge in [-0.3, -0.25) is 4.79 Å². The lowest BCUT2D eigenvalue weighted by Crippen LogP contribution is -2.45. The van der Waals surface area contributed by atoms with E-state index < -0.39 is 0 Å². The SMILES string of the molecule is O=C1Nc2cccc(Br)c2OCC12CCC2. The number of carbonyl (C=O) groups is 1. The van der Waals surface area contributed by atoms with Crippen molar-refractivity contribution < 1.29 is 9.53 Å². The molecule has 1 N–H and O–H groups in total. The van der Waals surface area contributed by atoms with Gasteiger partial charge in [-0.2, -0.15) is 0 Å². The summed E-state index contributed by atoms with van der Waals surface area (Å²) >= 11 is 3.44. The lowest BCUT2D eigenvalue weighted by Gasteiger charge is -2.37. The molecule has 3 nitrogen and oxygen atoms in total. The van der Waals surface area contributed by atoms with Crippen molar-refractivity contribution in [3.8, 4) is 5.75 Å². The van der Waals surface area contributed by atoms with Gasteiger partial charge in [-0.25, -0.2) is 0 Å². The Labute approximate surface area is 102 Å². The zero-order chi connectivity index (χ0) is 11.2. The maximum atomic E-state index is 12.1. The summed E-state index contributed by atoms with van der Waals surface area (Å²) in [4.78, 5) is 12.1. The molecule has 1 aliphatic heterocycles. The molecule has 1 saturated carbocycles. The Bertz CT molecular complexity index is 454. The van der Waals surface area contributed by atoms with E-state index in [-0.39, 0.29) is 11.3 Å². The minimum Gasteiger partial charge on any atom is -0.489 e. The van der Waals surface area contributed by atoms with Crippen LogP contribution < -0.4 is 10.1 Å². The van der Waals surface area contributed by atoms with Crippen LogP contribution in [0, 0.1) is 5.41 Å². The number of anilines is 1. The molecule has 1 spiro atoms. The predicted octanol–water partition coefficient (Wildman–Crippen LogP) is 2.95. The number of rotatable bonds is 0. The highest BCUT2D eigenvalue weighted by molar-refractivity contribution is 9.10. The van der Waals surface area contributed by atoms with Crippen molar-refractivity contribution in [1.29, 1.82) is 0 Å². The van der Waals surface area contributed by atoms with Gasteiger partial charge in [0, 0.05) is 0 Å². The molecule has 0 bridgehead atoms. The van der Waals surface area contributed by atoms with E-state index in [4.69, 9.17) is 4.74 Å². The van der Waals surface area contributed by atoms with E-state index in [9.17, 15) is 4.79 Å². The van der Waals surface area contributed by atoms with Gasteiger partial charge in [0.1, 0.15) is 6.61 Å². The van der Waals surface area contributed by atoms with Gasteiger partial charge in [-0.1, -0.05) is 12.5 Å². The number of ether oxygens (including phenoxy) is 1. The number of carbonyl (C=O) groups excluding carboxylic acids is 1. The molecule has 0 saturated heterocycles. The Morgan fingerprint density at radius 1 is 1.38 bits per heavy atom. The van der Waals surface area contributed by atoms with Gasteiger partial charge in [0.25, 0.3) is 0 Å². The average molecular weight is 282 g/mol. The molecule has 16 heavy (non-hydrogen) atoms. The summed E-state index contributed by atoms with van der Waals surface area (Å²) in [5, 5.41) is 2.96. The van der Waals surface area contributed by atoms with Gasteiger partial charge in [-0.15, -0.1) is 0 Å². The first-order valence-corrected chi connectivity index (χ1v) is 6.23. The highest BCUT2D eigenvalue weighted by Crippen LogP contribution is 2.46. The Kier molecular flexibility index (Phi) is 2.21. The second-order valence-electron chi connectivity index (χ2n) is 4.49. The third-order valence-electron chi connectivity index (χ3n) is 3.50. The van der Waals surface area contributed by atoms with E-state index in [0.29, 0.717) is 6.61 Å². The summed E-state index contributed by atoms with van der Waals surface area (Å²) in [6.07, 6.45) is 2.99. The molecule has 1 fully saturated rings. The van der Waals surface area contributed by atoms with Crippen molar-refractivity contribution >= 4 is 27.5 Å². The van der Waals surface area contributed by atoms with Crippen LogP contribution in [0.1, 0.15) is 19.3 Å². The Morgan fingerprint density at radius 2 is 2.19 bits per heavy atom. The van der Waals surface area contributed by atoms with Crippen LogP contribution in [-0.2, 0) is 4.79 Å². The number of halogens is 1. The van der Waals surface area contributed by atoms with E-state index in [1.807, 2.05) is 18.2 Å². The number of hydrogen-bond donors (Lipinski definition) is 1. The fourth-order valence-corrected chi connectivity index (χ4v) is 2.74. The Morgan fingerprint density at radius 3 is 2.88 bits per heavy atom. The maximum absolute atomic E-state index is 12.1. The third kappa shape index (κ3) is 1.36. The van der Waals surface area contributed by atoms with Gasteiger partial charge >= 0.3 is 0 Å². The van der Waals surface area contributed by atoms with Crippen molar-refractivity contribution in [3.63, 3.8) is 0 Å². The molecular formula is C12H12BrNO2. The Hall–Kier alpha value is -1.03. The molecule has 1 amide bonds. The molecule has 0 aromatic heterocycles. The van der Waals surface area contributed by atoms with Crippen LogP contribution in [0.25, 0.3) is 0 Å². The van der Waals surface area contributed by atoms with Crippen LogP contribution >= 0.6 is 15.9 Å². The molecule has 1 aromatic carbocycles. The summed E-state index contributed by atoms with van der Waals surface area (Å²) in [5.41, 5.74) is 0.487. The number of benzene rings is 1. The molecule has 84 valence electrons. The van der Waals surface area contributed by atoms with E-state index in [1.54, 1.807) is 0 Å². The van der Waals surface area contributed by atoms with Crippen LogP contribution in [0.3, 0.4) is 0 Å². The third-order valence-corrected chi connectivity index (χ3v) is 4.12. The second kappa shape index (κ2) is 3.48. The first kappa shape index (κ1) is 10.1. The fourth-order valence-electron chi connectivity index (χ4n) is 2.26. The normalized spacial score (nSPS) is 21.4. The summed E-state index contributed by atoms with van der Waals surface area (Å²) < 4.78 is 6.67. The van der Waals surface area contributed by atoms with Gasteiger partial charge in [0.15, 0.2) is 5.75 Å². The van der Waals surface area contributed by atoms with E-state index in [0.717, 1.165) is 35.2 Å². The number of para-hydroxylation sites is 1. The summed E-state index contributed by atoms with van der Waals surface area (Å²) in [5.74, 6) is 0.857. The van der Waals surface area contributed by atoms with Crippen LogP contribution in [-0.4, -0.2) is 12.5 Å². The molecule has 0 radical (unpaired) electrons. The minimum atomic E-state index is -0.279. The number of amides is 1. The monoisotopic (exact) mass is 281 g/mol. The second-order valence-corrected chi connectivity index (χ2v) is 5.35. The average Bonchev–Trinajstić information content (AvgIpc) is 2.34. The summed E-state index contributed by atoms with van der Waals surface area (Å²) in [6, 6.07) is 5.69. The van der Waals surface area contributed by atoms with Gasteiger partial charge in [0.05, 0.1) is 15.6 Å². The summed E-state index contributed by atoms with van der Waals surface area (Å²) in [7, 11) is 0. The van der Waals surface area contributed by atoms with Crippen LogP contribution in [0.5, 0.6) is 5.75 Å². The standard InChI is InChI=1S/C12H12BrNO2/c13-8-3-1-4-9-10(8)16-7-12(5-2-6-12)11(15)14-9/h1,3-4H,2,5-7H2,(H,14,15). The first-order valence-electron chi connectivity index (χ1n) is 5.44. The molecule has 1 aliphatic carbocycles. The largest absolute Gasteiger partial charge is 0.489 e. The smallest absolute Gasteiger partial charge is 0.234 e. The highest BCUT2D eigenvalue weighted by Gasteiger charge is 2.46. The zero-order valence-corrected chi connectivity index (χ0v) is 10.3. The molecule has 3 rings (SSSR count). The molecule has 4 heteroatoms. The van der Waals surface area contributed by atoms with Gasteiger partial charge in [0.2, 0.25) is 5.91 Å². The topological polar surface area (TPSA) is 38.3 Å².